The van der Waals surface area contributed by atoms with Crippen molar-refractivity contribution < 1.29 is 17.9 Å². The van der Waals surface area contributed by atoms with E-state index in [1.165, 1.54) is 6.08 Å². The van der Waals surface area contributed by atoms with Crippen LogP contribution in [0.4, 0.5) is 5.69 Å². The van der Waals surface area contributed by atoms with E-state index >= 15 is 0 Å². The van der Waals surface area contributed by atoms with Gasteiger partial charge < -0.3 is 4.74 Å². The Morgan fingerprint density at radius 2 is 1.77 bits per heavy atom. The number of rotatable bonds is 9. The molecule has 0 radical (unpaired) electrons. The molecular weight excluding hydrogens is 400 g/mol. The standard InChI is InChI=1S/C23H22N2O4S/c1-2-30(27,28)25-20-11-9-19(10-12-20)23(26)15-8-18-6-13-22(14-7-18)29-17-21-5-3-4-16-24-21/h3-16,25H,2,17H2,1H3/b15-8+. The van der Waals surface area contributed by atoms with Crippen LogP contribution in [-0.4, -0.2) is 24.9 Å². The second kappa shape index (κ2) is 9.84. The van der Waals surface area contributed by atoms with E-state index in [1.807, 2.05) is 42.5 Å². The van der Waals surface area contributed by atoms with Crippen molar-refractivity contribution in [2.24, 2.45) is 0 Å². The summed E-state index contributed by atoms with van der Waals surface area (Å²) in [5.74, 6) is 0.535. The molecular formula is C23H22N2O4S. The van der Waals surface area contributed by atoms with Crippen LogP contribution < -0.4 is 9.46 Å². The average Bonchev–Trinajstić information content (AvgIpc) is 2.78. The zero-order valence-corrected chi connectivity index (χ0v) is 17.3. The summed E-state index contributed by atoms with van der Waals surface area (Å²) in [5.41, 5.74) is 2.61. The van der Waals surface area contributed by atoms with E-state index in [2.05, 4.69) is 9.71 Å². The van der Waals surface area contributed by atoms with Crippen LogP contribution in [0.1, 0.15) is 28.5 Å². The third kappa shape index (κ3) is 6.28. The number of nitrogens with one attached hydrogen (secondary N) is 1. The zero-order valence-electron chi connectivity index (χ0n) is 16.5. The minimum atomic E-state index is -3.34. The molecule has 6 nitrogen and oxygen atoms in total. The first-order chi connectivity index (χ1) is 14.4. The van der Waals surface area contributed by atoms with Gasteiger partial charge in [0, 0.05) is 17.4 Å². The van der Waals surface area contributed by atoms with Crippen molar-refractivity contribution in [3.8, 4) is 5.75 Å². The maximum Gasteiger partial charge on any atom is 0.232 e. The van der Waals surface area contributed by atoms with E-state index in [0.29, 0.717) is 23.6 Å². The summed E-state index contributed by atoms with van der Waals surface area (Å²) in [4.78, 5) is 16.5. The van der Waals surface area contributed by atoms with Gasteiger partial charge in [-0.3, -0.25) is 14.5 Å². The molecule has 0 aliphatic rings. The molecule has 154 valence electrons. The van der Waals surface area contributed by atoms with Crippen molar-refractivity contribution in [3.63, 3.8) is 0 Å². The van der Waals surface area contributed by atoms with Gasteiger partial charge in [0.15, 0.2) is 5.78 Å². The molecule has 0 aliphatic carbocycles. The Morgan fingerprint density at radius 3 is 2.40 bits per heavy atom. The van der Waals surface area contributed by atoms with Gasteiger partial charge in [0.05, 0.1) is 11.4 Å². The number of ether oxygens (including phenoxy) is 1. The van der Waals surface area contributed by atoms with Gasteiger partial charge in [-0.1, -0.05) is 24.3 Å². The number of allylic oxidation sites excluding steroid dienone is 1. The SMILES string of the molecule is CCS(=O)(=O)Nc1ccc(C(=O)/C=C/c2ccc(OCc3ccccn3)cc2)cc1. The predicted molar refractivity (Wildman–Crippen MR) is 118 cm³/mol. The minimum absolute atomic E-state index is 0.0105. The van der Waals surface area contributed by atoms with Gasteiger partial charge in [-0.15, -0.1) is 0 Å². The molecule has 0 saturated heterocycles. The lowest BCUT2D eigenvalue weighted by Gasteiger charge is -2.06. The van der Waals surface area contributed by atoms with Gasteiger partial charge >= 0.3 is 0 Å². The van der Waals surface area contributed by atoms with Crippen LogP contribution in [-0.2, 0) is 16.6 Å². The number of ketones is 1. The zero-order chi connectivity index (χ0) is 21.4. The number of carbonyl (C=O) groups is 1. The Bertz CT molecular complexity index is 1110. The van der Waals surface area contributed by atoms with Gasteiger partial charge in [0.2, 0.25) is 10.0 Å². The lowest BCUT2D eigenvalue weighted by atomic mass is 10.1. The van der Waals surface area contributed by atoms with Crippen LogP contribution in [0.2, 0.25) is 0 Å². The fraction of sp³-hybridized carbons (Fsp3) is 0.130. The molecule has 1 aromatic heterocycles. The molecule has 0 fully saturated rings. The molecule has 0 unspecified atom stereocenters. The first-order valence-electron chi connectivity index (χ1n) is 9.41. The van der Waals surface area contributed by atoms with Gasteiger partial charge in [-0.25, -0.2) is 8.42 Å². The van der Waals surface area contributed by atoms with Crippen molar-refractivity contribution in [1.29, 1.82) is 0 Å². The molecule has 3 rings (SSSR count). The largest absolute Gasteiger partial charge is 0.487 e. The Labute approximate surface area is 176 Å². The molecule has 0 atom stereocenters. The summed E-state index contributed by atoms with van der Waals surface area (Å²) >= 11 is 0. The number of hydrogen-bond donors (Lipinski definition) is 1. The normalized spacial score (nSPS) is 11.4. The summed E-state index contributed by atoms with van der Waals surface area (Å²) < 4.78 is 31.3. The van der Waals surface area contributed by atoms with Crippen molar-refractivity contribution in [2.45, 2.75) is 13.5 Å². The van der Waals surface area contributed by atoms with Crippen molar-refractivity contribution in [3.05, 3.63) is 95.8 Å². The van der Waals surface area contributed by atoms with Crippen LogP contribution in [0.15, 0.2) is 79.0 Å². The molecule has 30 heavy (non-hydrogen) atoms. The maximum atomic E-state index is 12.3. The minimum Gasteiger partial charge on any atom is -0.487 e. The third-order valence-electron chi connectivity index (χ3n) is 4.24. The van der Waals surface area contributed by atoms with E-state index in [0.717, 1.165) is 11.3 Å². The number of hydrogen-bond acceptors (Lipinski definition) is 5. The Morgan fingerprint density at radius 1 is 1.03 bits per heavy atom. The number of nitrogens with zero attached hydrogens (tertiary/aromatic N) is 1. The number of carbonyl (C=O) groups excluding carboxylic acids is 1. The van der Waals surface area contributed by atoms with Crippen molar-refractivity contribution in [1.82, 2.24) is 4.98 Å². The van der Waals surface area contributed by atoms with E-state index in [1.54, 1.807) is 43.5 Å². The van der Waals surface area contributed by atoms with E-state index in [4.69, 9.17) is 4.74 Å². The second-order valence-electron chi connectivity index (χ2n) is 6.46. The van der Waals surface area contributed by atoms with Crippen LogP contribution in [0.5, 0.6) is 5.75 Å². The lowest BCUT2D eigenvalue weighted by molar-refractivity contribution is 0.104. The van der Waals surface area contributed by atoms with Gasteiger partial charge in [-0.2, -0.15) is 0 Å². The summed E-state index contributed by atoms with van der Waals surface area (Å²) in [6.45, 7) is 1.95. The fourth-order valence-corrected chi connectivity index (χ4v) is 3.18. The van der Waals surface area contributed by atoms with Crippen LogP contribution in [0.3, 0.4) is 0 Å². The van der Waals surface area contributed by atoms with E-state index < -0.39 is 10.0 Å². The predicted octanol–water partition coefficient (Wildman–Crippen LogP) is 4.32. The van der Waals surface area contributed by atoms with Crippen LogP contribution >= 0.6 is 0 Å². The highest BCUT2D eigenvalue weighted by Crippen LogP contribution is 2.16. The molecule has 3 aromatic rings. The summed E-state index contributed by atoms with van der Waals surface area (Å²) in [7, 11) is -3.34. The maximum absolute atomic E-state index is 12.3. The molecule has 1 N–H and O–H groups in total. The van der Waals surface area contributed by atoms with Crippen molar-refractivity contribution in [2.75, 3.05) is 10.5 Å². The number of benzene rings is 2. The van der Waals surface area contributed by atoms with Crippen LogP contribution in [0.25, 0.3) is 6.08 Å². The molecule has 0 amide bonds. The Hall–Kier alpha value is -3.45. The number of anilines is 1. The van der Waals surface area contributed by atoms with Gasteiger partial charge in [0.1, 0.15) is 12.4 Å². The van der Waals surface area contributed by atoms with Crippen LogP contribution in [0, 0.1) is 0 Å². The topological polar surface area (TPSA) is 85.4 Å². The first kappa shape index (κ1) is 21.3. The number of aromatic nitrogens is 1. The highest BCUT2D eigenvalue weighted by atomic mass is 32.2. The fourth-order valence-electron chi connectivity index (χ4n) is 2.54. The first-order valence-corrected chi connectivity index (χ1v) is 11.1. The molecule has 0 spiro atoms. The summed E-state index contributed by atoms with van der Waals surface area (Å²) in [6.07, 6.45) is 4.92. The van der Waals surface area contributed by atoms with Gasteiger partial charge in [0.25, 0.3) is 0 Å². The third-order valence-corrected chi connectivity index (χ3v) is 5.55. The quantitative estimate of drug-likeness (QED) is 0.410. The lowest BCUT2D eigenvalue weighted by Crippen LogP contribution is -2.14. The van der Waals surface area contributed by atoms with Crippen molar-refractivity contribution >= 4 is 27.6 Å². The average molecular weight is 423 g/mol. The summed E-state index contributed by atoms with van der Waals surface area (Å²) in [5, 5.41) is 0. The van der Waals surface area contributed by atoms with Gasteiger partial charge in [-0.05, 0) is 67.1 Å². The highest BCUT2D eigenvalue weighted by Gasteiger charge is 2.07. The highest BCUT2D eigenvalue weighted by molar-refractivity contribution is 7.92. The molecule has 0 aliphatic heterocycles. The summed E-state index contributed by atoms with van der Waals surface area (Å²) in [6, 6.07) is 19.4. The van der Waals surface area contributed by atoms with E-state index in [-0.39, 0.29) is 11.5 Å². The smallest absolute Gasteiger partial charge is 0.232 e. The molecule has 2 aromatic carbocycles. The molecule has 0 saturated carbocycles. The Kier molecular flexibility index (Phi) is 6.98. The molecule has 1 heterocycles. The van der Waals surface area contributed by atoms with E-state index in [9.17, 15) is 13.2 Å². The molecule has 0 bridgehead atoms. The Balaban J connectivity index is 1.56. The monoisotopic (exact) mass is 422 g/mol. The second-order valence-corrected chi connectivity index (χ2v) is 8.47. The molecule has 7 heteroatoms. The number of pyridine rings is 1. The number of sulfonamides is 1.